The number of hydrogen-bond donors (Lipinski definition) is 2. The van der Waals surface area contributed by atoms with Gasteiger partial charge in [0.05, 0.1) is 18.8 Å². The topological polar surface area (TPSA) is 63.5 Å². The minimum absolute atomic E-state index is 0. The van der Waals surface area contributed by atoms with Crippen LogP contribution >= 0.6 is 24.0 Å². The fourth-order valence-electron chi connectivity index (χ4n) is 3.35. The zero-order valence-corrected chi connectivity index (χ0v) is 19.4. The van der Waals surface area contributed by atoms with Crippen molar-refractivity contribution in [3.8, 4) is 5.75 Å². The molecule has 154 valence electrons. The second kappa shape index (κ2) is 11.3. The Morgan fingerprint density at radius 3 is 2.75 bits per heavy atom. The van der Waals surface area contributed by atoms with Gasteiger partial charge in [-0.3, -0.25) is 4.68 Å². The minimum atomic E-state index is 0. The Morgan fingerprint density at radius 1 is 1.29 bits per heavy atom. The first-order valence-corrected chi connectivity index (χ1v) is 9.90. The lowest BCUT2D eigenvalue weighted by atomic mass is 10.1. The van der Waals surface area contributed by atoms with Crippen LogP contribution in [0.3, 0.4) is 0 Å². The predicted octanol–water partition coefficient (Wildman–Crippen LogP) is 3.92. The molecule has 0 radical (unpaired) electrons. The van der Waals surface area contributed by atoms with Crippen LogP contribution in [0.2, 0.25) is 0 Å². The highest BCUT2D eigenvalue weighted by atomic mass is 127. The summed E-state index contributed by atoms with van der Waals surface area (Å²) in [6.45, 7) is 6.28. The number of rotatable bonds is 7. The molecule has 0 aliphatic heterocycles. The normalized spacial score (nSPS) is 14.6. The van der Waals surface area contributed by atoms with Crippen LogP contribution < -0.4 is 15.4 Å². The number of benzene rings is 1. The lowest BCUT2D eigenvalue weighted by molar-refractivity contribution is 0.207. The second-order valence-corrected chi connectivity index (χ2v) is 7.21. The SMILES string of the molecule is CCNC(=NCc1cnn(C)c1)NCc1ccc(C)cc1OC1CCCC1.I. The number of nitrogens with one attached hydrogen (secondary N) is 2. The minimum Gasteiger partial charge on any atom is -0.490 e. The molecule has 1 aromatic heterocycles. The molecule has 28 heavy (non-hydrogen) atoms. The summed E-state index contributed by atoms with van der Waals surface area (Å²) < 4.78 is 8.10. The summed E-state index contributed by atoms with van der Waals surface area (Å²) in [7, 11) is 1.92. The molecule has 0 amide bonds. The molecule has 0 unspecified atom stereocenters. The molecule has 2 aromatic rings. The predicted molar refractivity (Wildman–Crippen MR) is 124 cm³/mol. The van der Waals surface area contributed by atoms with Gasteiger partial charge >= 0.3 is 0 Å². The monoisotopic (exact) mass is 497 g/mol. The molecule has 2 N–H and O–H groups in total. The first-order valence-electron chi connectivity index (χ1n) is 9.90. The first-order chi connectivity index (χ1) is 13.1. The summed E-state index contributed by atoms with van der Waals surface area (Å²) in [5.74, 6) is 1.80. The Morgan fingerprint density at radius 2 is 2.07 bits per heavy atom. The van der Waals surface area contributed by atoms with Crippen molar-refractivity contribution in [3.63, 3.8) is 0 Å². The standard InChI is InChI=1S/C21H31N5O.HI/c1-4-22-21(23-12-17-13-25-26(3)15-17)24-14-18-10-9-16(2)11-20(18)27-19-7-5-6-8-19;/h9-11,13,15,19H,4-8,12,14H2,1-3H3,(H2,22,23,24);1H. The van der Waals surface area contributed by atoms with E-state index in [1.807, 2.05) is 19.4 Å². The van der Waals surface area contributed by atoms with Crippen LogP contribution in [0.15, 0.2) is 35.6 Å². The van der Waals surface area contributed by atoms with Gasteiger partial charge in [0.1, 0.15) is 5.75 Å². The third-order valence-corrected chi connectivity index (χ3v) is 4.79. The van der Waals surface area contributed by atoms with Crippen molar-refractivity contribution in [1.29, 1.82) is 0 Å². The average Bonchev–Trinajstić information content (AvgIpc) is 3.30. The Hall–Kier alpha value is -1.77. The van der Waals surface area contributed by atoms with E-state index in [4.69, 9.17) is 4.74 Å². The van der Waals surface area contributed by atoms with Crippen molar-refractivity contribution in [3.05, 3.63) is 47.3 Å². The smallest absolute Gasteiger partial charge is 0.191 e. The van der Waals surface area contributed by atoms with E-state index in [-0.39, 0.29) is 24.0 Å². The average molecular weight is 497 g/mol. The number of aromatic nitrogens is 2. The van der Waals surface area contributed by atoms with E-state index >= 15 is 0 Å². The molecule has 1 aliphatic rings. The molecule has 1 saturated carbocycles. The Bertz CT molecular complexity index is 768. The van der Waals surface area contributed by atoms with E-state index in [0.717, 1.165) is 36.7 Å². The number of nitrogens with zero attached hydrogens (tertiary/aromatic N) is 3. The maximum Gasteiger partial charge on any atom is 0.191 e. The molecule has 0 atom stereocenters. The fraction of sp³-hybridized carbons (Fsp3) is 0.524. The Kier molecular flexibility index (Phi) is 9.08. The summed E-state index contributed by atoms with van der Waals surface area (Å²) >= 11 is 0. The molecular formula is C21H32IN5O. The van der Waals surface area contributed by atoms with E-state index in [1.54, 1.807) is 4.68 Å². The van der Waals surface area contributed by atoms with Crippen LogP contribution in [-0.2, 0) is 20.1 Å². The first kappa shape index (κ1) is 22.5. The summed E-state index contributed by atoms with van der Waals surface area (Å²) in [5, 5.41) is 10.9. The van der Waals surface area contributed by atoms with Gasteiger partial charge in [-0.05, 0) is 51.2 Å². The Labute approximate surface area is 185 Å². The molecule has 1 fully saturated rings. The van der Waals surface area contributed by atoms with Crippen LogP contribution in [0.1, 0.15) is 49.3 Å². The largest absolute Gasteiger partial charge is 0.490 e. The van der Waals surface area contributed by atoms with E-state index < -0.39 is 0 Å². The number of hydrogen-bond acceptors (Lipinski definition) is 3. The third kappa shape index (κ3) is 6.68. The number of ether oxygens (including phenoxy) is 1. The van der Waals surface area contributed by atoms with E-state index in [0.29, 0.717) is 19.2 Å². The van der Waals surface area contributed by atoms with Gasteiger partial charge in [-0.1, -0.05) is 12.1 Å². The molecule has 1 aromatic carbocycles. The van der Waals surface area contributed by atoms with E-state index in [1.165, 1.54) is 24.0 Å². The molecule has 7 heteroatoms. The van der Waals surface area contributed by atoms with Crippen molar-refractivity contribution in [1.82, 2.24) is 20.4 Å². The van der Waals surface area contributed by atoms with Gasteiger partial charge in [0, 0.05) is 37.5 Å². The van der Waals surface area contributed by atoms with Gasteiger partial charge in [-0.25, -0.2) is 4.99 Å². The zero-order valence-electron chi connectivity index (χ0n) is 17.1. The lowest BCUT2D eigenvalue weighted by Crippen LogP contribution is -2.37. The second-order valence-electron chi connectivity index (χ2n) is 7.21. The molecule has 0 bridgehead atoms. The summed E-state index contributed by atoms with van der Waals surface area (Å²) in [4.78, 5) is 4.66. The third-order valence-electron chi connectivity index (χ3n) is 4.79. The van der Waals surface area contributed by atoms with Gasteiger partial charge in [0.2, 0.25) is 0 Å². The number of aryl methyl sites for hydroxylation is 2. The molecule has 1 aliphatic carbocycles. The molecule has 0 saturated heterocycles. The fourth-order valence-corrected chi connectivity index (χ4v) is 3.35. The van der Waals surface area contributed by atoms with Gasteiger partial charge < -0.3 is 15.4 Å². The van der Waals surface area contributed by atoms with Crippen LogP contribution in [0.4, 0.5) is 0 Å². The molecular weight excluding hydrogens is 465 g/mol. The number of halogens is 1. The molecule has 1 heterocycles. The zero-order chi connectivity index (χ0) is 19.1. The number of guanidine groups is 1. The lowest BCUT2D eigenvalue weighted by Gasteiger charge is -2.18. The van der Waals surface area contributed by atoms with Gasteiger partial charge in [0.15, 0.2) is 5.96 Å². The van der Waals surface area contributed by atoms with Crippen molar-refractivity contribution in [2.45, 2.75) is 58.7 Å². The van der Waals surface area contributed by atoms with Crippen molar-refractivity contribution >= 4 is 29.9 Å². The van der Waals surface area contributed by atoms with Crippen molar-refractivity contribution in [2.24, 2.45) is 12.0 Å². The van der Waals surface area contributed by atoms with E-state index in [9.17, 15) is 0 Å². The quantitative estimate of drug-likeness (QED) is 0.346. The highest BCUT2D eigenvalue weighted by molar-refractivity contribution is 14.0. The van der Waals surface area contributed by atoms with E-state index in [2.05, 4.69) is 52.8 Å². The van der Waals surface area contributed by atoms with Crippen LogP contribution in [0.25, 0.3) is 0 Å². The van der Waals surface area contributed by atoms with Gasteiger partial charge in [-0.2, -0.15) is 5.10 Å². The Balaban J connectivity index is 0.00000280. The number of aliphatic imine (C=N–C) groups is 1. The van der Waals surface area contributed by atoms with Gasteiger partial charge in [0.25, 0.3) is 0 Å². The summed E-state index contributed by atoms with van der Waals surface area (Å²) in [5.41, 5.74) is 3.48. The highest BCUT2D eigenvalue weighted by Gasteiger charge is 2.18. The molecule has 6 nitrogen and oxygen atoms in total. The maximum absolute atomic E-state index is 6.30. The summed E-state index contributed by atoms with van der Waals surface area (Å²) in [6, 6.07) is 6.44. The van der Waals surface area contributed by atoms with Crippen LogP contribution in [-0.4, -0.2) is 28.4 Å². The van der Waals surface area contributed by atoms with Crippen LogP contribution in [0, 0.1) is 6.92 Å². The van der Waals surface area contributed by atoms with Crippen LogP contribution in [0.5, 0.6) is 5.75 Å². The molecule has 3 rings (SSSR count). The van der Waals surface area contributed by atoms with Gasteiger partial charge in [-0.15, -0.1) is 24.0 Å². The highest BCUT2D eigenvalue weighted by Crippen LogP contribution is 2.27. The summed E-state index contributed by atoms with van der Waals surface area (Å²) in [6.07, 6.45) is 9.07. The maximum atomic E-state index is 6.30. The van der Waals surface area contributed by atoms with Crippen molar-refractivity contribution in [2.75, 3.05) is 6.54 Å². The molecule has 0 spiro atoms. The van der Waals surface area contributed by atoms with Crippen molar-refractivity contribution < 1.29 is 4.74 Å².